The minimum atomic E-state index is 0.0336. The lowest BCUT2D eigenvalue weighted by atomic mass is 10.0. The maximum Gasteiger partial charge on any atom is 0.209 e. The van der Waals surface area contributed by atoms with Gasteiger partial charge in [0, 0.05) is 32.5 Å². The molecule has 0 aliphatic carbocycles. The molecule has 0 saturated heterocycles. The first kappa shape index (κ1) is 20.5. The smallest absolute Gasteiger partial charge is 0.209 e. The fraction of sp³-hybridized carbons (Fsp3) is 0.318. The zero-order chi connectivity index (χ0) is 19.6. The lowest BCUT2D eigenvalue weighted by Gasteiger charge is -2.21. The van der Waals surface area contributed by atoms with E-state index in [0.717, 1.165) is 35.3 Å². The second-order valence-corrected chi connectivity index (χ2v) is 6.61. The summed E-state index contributed by atoms with van der Waals surface area (Å²) in [4.78, 5) is 23.7. The molecule has 5 heteroatoms. The highest BCUT2D eigenvalue weighted by molar-refractivity contribution is 6.09. The molecule has 2 aromatic rings. The Morgan fingerprint density at radius 3 is 2.67 bits per heavy atom. The summed E-state index contributed by atoms with van der Waals surface area (Å²) in [6, 6.07) is 14.1. The van der Waals surface area contributed by atoms with Crippen molar-refractivity contribution in [2.45, 2.75) is 33.1 Å². The van der Waals surface area contributed by atoms with Crippen molar-refractivity contribution in [1.29, 1.82) is 0 Å². The quantitative estimate of drug-likeness (QED) is 0.504. The highest BCUT2D eigenvalue weighted by Gasteiger charge is 2.08. The summed E-state index contributed by atoms with van der Waals surface area (Å²) in [6.45, 7) is 5.42. The van der Waals surface area contributed by atoms with Crippen LogP contribution in [0.25, 0.3) is 5.57 Å². The molecule has 1 aromatic carbocycles. The minimum absolute atomic E-state index is 0.0336. The van der Waals surface area contributed by atoms with E-state index in [1.807, 2.05) is 56.7 Å². The van der Waals surface area contributed by atoms with Gasteiger partial charge in [-0.25, -0.2) is 0 Å². The highest BCUT2D eigenvalue weighted by Crippen LogP contribution is 2.16. The van der Waals surface area contributed by atoms with Gasteiger partial charge in [-0.3, -0.25) is 19.7 Å². The van der Waals surface area contributed by atoms with E-state index >= 15 is 0 Å². The van der Waals surface area contributed by atoms with Crippen LogP contribution in [-0.4, -0.2) is 47.7 Å². The molecule has 1 amide bonds. The van der Waals surface area contributed by atoms with Crippen LogP contribution >= 0.6 is 0 Å². The molecule has 5 nitrogen and oxygen atoms in total. The molecule has 142 valence electrons. The molecule has 1 aromatic heterocycles. The van der Waals surface area contributed by atoms with Gasteiger partial charge in [0.1, 0.15) is 0 Å². The predicted octanol–water partition coefficient (Wildman–Crippen LogP) is 3.62. The number of allylic oxidation sites excluding steroid dienone is 2. The van der Waals surface area contributed by atoms with E-state index in [9.17, 15) is 4.79 Å². The maximum absolute atomic E-state index is 10.8. The minimum Gasteiger partial charge on any atom is -0.344 e. The molecular weight excluding hydrogens is 336 g/mol. The van der Waals surface area contributed by atoms with Crippen molar-refractivity contribution in [3.8, 4) is 0 Å². The molecule has 0 saturated carbocycles. The average molecular weight is 364 g/mol. The van der Waals surface area contributed by atoms with Crippen LogP contribution < -0.4 is 0 Å². The summed E-state index contributed by atoms with van der Waals surface area (Å²) in [5, 5.41) is 0. The fourth-order valence-corrected chi connectivity index (χ4v) is 2.67. The van der Waals surface area contributed by atoms with Gasteiger partial charge < -0.3 is 4.90 Å². The second kappa shape index (κ2) is 10.4. The summed E-state index contributed by atoms with van der Waals surface area (Å²) in [6.07, 6.45) is 6.65. The van der Waals surface area contributed by atoms with Crippen LogP contribution in [0.2, 0.25) is 0 Å². The summed E-state index contributed by atoms with van der Waals surface area (Å²) in [5.41, 5.74) is 4.27. The van der Waals surface area contributed by atoms with E-state index < -0.39 is 0 Å². The number of benzene rings is 1. The van der Waals surface area contributed by atoms with Crippen LogP contribution in [0.5, 0.6) is 0 Å². The SMILES string of the molecule is C/C=C(\C=NC(C)N(C)Cc1ccccn1)c1cccc(CN(C)C=O)c1. The van der Waals surface area contributed by atoms with Crippen molar-refractivity contribution < 1.29 is 4.79 Å². The number of hydrogen-bond acceptors (Lipinski definition) is 4. The van der Waals surface area contributed by atoms with Gasteiger partial charge in [0.05, 0.1) is 11.9 Å². The van der Waals surface area contributed by atoms with E-state index in [1.54, 1.807) is 11.9 Å². The summed E-state index contributed by atoms with van der Waals surface area (Å²) in [7, 11) is 3.82. The van der Waals surface area contributed by atoms with Crippen LogP contribution in [0.4, 0.5) is 0 Å². The molecule has 1 atom stereocenters. The Bertz CT molecular complexity index is 786. The third-order valence-corrected chi connectivity index (χ3v) is 4.39. The van der Waals surface area contributed by atoms with Gasteiger partial charge in [0.25, 0.3) is 0 Å². The zero-order valence-electron chi connectivity index (χ0n) is 16.5. The maximum atomic E-state index is 10.8. The average Bonchev–Trinajstić information content (AvgIpc) is 2.69. The van der Waals surface area contributed by atoms with E-state index in [0.29, 0.717) is 6.54 Å². The van der Waals surface area contributed by atoms with Gasteiger partial charge in [0.2, 0.25) is 6.41 Å². The molecule has 0 N–H and O–H groups in total. The zero-order valence-corrected chi connectivity index (χ0v) is 16.5. The first-order chi connectivity index (χ1) is 13.0. The van der Waals surface area contributed by atoms with Crippen molar-refractivity contribution in [3.63, 3.8) is 0 Å². The molecule has 0 bridgehead atoms. The largest absolute Gasteiger partial charge is 0.344 e. The predicted molar refractivity (Wildman–Crippen MR) is 111 cm³/mol. The van der Waals surface area contributed by atoms with E-state index in [2.05, 4.69) is 35.0 Å². The summed E-state index contributed by atoms with van der Waals surface area (Å²) >= 11 is 0. The summed E-state index contributed by atoms with van der Waals surface area (Å²) in [5.74, 6) is 0. The third kappa shape index (κ3) is 6.46. The van der Waals surface area contributed by atoms with Crippen LogP contribution in [0, 0.1) is 0 Å². The van der Waals surface area contributed by atoms with E-state index in [-0.39, 0.29) is 6.17 Å². The Labute approximate surface area is 162 Å². The third-order valence-electron chi connectivity index (χ3n) is 4.39. The van der Waals surface area contributed by atoms with E-state index in [4.69, 9.17) is 4.99 Å². The van der Waals surface area contributed by atoms with Crippen LogP contribution in [-0.2, 0) is 17.9 Å². The Morgan fingerprint density at radius 1 is 1.19 bits per heavy atom. The van der Waals surface area contributed by atoms with Gasteiger partial charge in [-0.1, -0.05) is 30.3 Å². The molecule has 1 heterocycles. The number of hydrogen-bond donors (Lipinski definition) is 0. The number of carbonyl (C=O) groups excluding carboxylic acids is 1. The van der Waals surface area contributed by atoms with Gasteiger partial charge in [-0.05, 0) is 55.8 Å². The fourth-order valence-electron chi connectivity index (χ4n) is 2.67. The van der Waals surface area contributed by atoms with Crippen LogP contribution in [0.1, 0.15) is 30.7 Å². The van der Waals surface area contributed by atoms with Gasteiger partial charge >= 0.3 is 0 Å². The number of amides is 1. The topological polar surface area (TPSA) is 48.8 Å². The number of nitrogens with zero attached hydrogens (tertiary/aromatic N) is 4. The molecule has 1 unspecified atom stereocenters. The van der Waals surface area contributed by atoms with Crippen molar-refractivity contribution in [3.05, 3.63) is 71.6 Å². The lowest BCUT2D eigenvalue weighted by molar-refractivity contribution is -0.117. The van der Waals surface area contributed by atoms with Crippen LogP contribution in [0.15, 0.2) is 59.7 Å². The first-order valence-corrected chi connectivity index (χ1v) is 9.08. The van der Waals surface area contributed by atoms with Gasteiger partial charge in [-0.15, -0.1) is 0 Å². The van der Waals surface area contributed by atoms with Crippen molar-refractivity contribution in [2.24, 2.45) is 4.99 Å². The van der Waals surface area contributed by atoms with Crippen molar-refractivity contribution in [1.82, 2.24) is 14.8 Å². The molecular formula is C22H28N4O. The molecule has 2 rings (SSSR count). The van der Waals surface area contributed by atoms with Crippen molar-refractivity contribution >= 4 is 18.2 Å². The molecule has 0 spiro atoms. The normalized spacial score (nSPS) is 13.1. The number of aromatic nitrogens is 1. The summed E-state index contributed by atoms with van der Waals surface area (Å²) < 4.78 is 0. The molecule has 0 radical (unpaired) electrons. The lowest BCUT2D eigenvalue weighted by Crippen LogP contribution is -2.27. The number of rotatable bonds is 9. The van der Waals surface area contributed by atoms with Gasteiger partial charge in [-0.2, -0.15) is 0 Å². The number of aliphatic imine (C=N–C) groups is 1. The molecule has 0 aliphatic heterocycles. The molecule has 27 heavy (non-hydrogen) atoms. The van der Waals surface area contributed by atoms with Gasteiger partial charge in [0.15, 0.2) is 0 Å². The standard InChI is InChI=1S/C22H28N4O/c1-5-20(21-10-8-9-19(13-21)15-25(3)17-27)14-24-18(2)26(4)16-22-11-6-7-12-23-22/h5-14,17-18H,15-16H2,1-4H3/b20-5+,24-14?. The first-order valence-electron chi connectivity index (χ1n) is 9.08. The number of pyridine rings is 1. The van der Waals surface area contributed by atoms with Crippen molar-refractivity contribution in [2.75, 3.05) is 14.1 Å². The Balaban J connectivity index is 2.05. The second-order valence-electron chi connectivity index (χ2n) is 6.61. The molecule has 0 aliphatic rings. The molecule has 0 fully saturated rings. The Morgan fingerprint density at radius 2 is 2.00 bits per heavy atom. The Kier molecular flexibility index (Phi) is 7.89. The monoisotopic (exact) mass is 364 g/mol. The highest BCUT2D eigenvalue weighted by atomic mass is 16.1. The number of carbonyl (C=O) groups is 1. The van der Waals surface area contributed by atoms with E-state index in [1.165, 1.54) is 0 Å². The Hall–Kier alpha value is -2.79. The van der Waals surface area contributed by atoms with Crippen LogP contribution in [0.3, 0.4) is 0 Å².